The number of fused-ring (bicyclic) bond motifs is 2. The molecule has 4 rings (SSSR count). The Balaban J connectivity index is 1.40. The predicted molar refractivity (Wildman–Crippen MR) is 101 cm³/mol. The van der Waals surface area contributed by atoms with E-state index in [4.69, 9.17) is 9.47 Å². The number of aliphatic hydroxyl groups excluding tert-OH is 1. The molecule has 0 saturated carbocycles. The van der Waals surface area contributed by atoms with E-state index in [1.54, 1.807) is 4.90 Å². The Labute approximate surface area is 158 Å². The van der Waals surface area contributed by atoms with Gasteiger partial charge < -0.3 is 24.8 Å². The number of hydrogen-bond acceptors (Lipinski definition) is 4. The maximum Gasteiger partial charge on any atom is 0.318 e. The highest BCUT2D eigenvalue weighted by Gasteiger charge is 2.21. The largest absolute Gasteiger partial charge is 0.491 e. The normalized spacial score (nSPS) is 18.0. The number of carbonyl (C=O) groups excluding carboxylic acids is 1. The zero-order valence-corrected chi connectivity index (χ0v) is 15.4. The van der Waals surface area contributed by atoms with Crippen LogP contribution in [0.1, 0.15) is 29.2 Å². The first-order valence-electron chi connectivity index (χ1n) is 9.29. The van der Waals surface area contributed by atoms with Gasteiger partial charge in [0.25, 0.3) is 0 Å². The van der Waals surface area contributed by atoms with Gasteiger partial charge in [0, 0.05) is 18.5 Å². The number of carbonyl (C=O) groups is 1. The lowest BCUT2D eigenvalue weighted by Crippen LogP contribution is -2.40. The molecule has 0 fully saturated rings. The topological polar surface area (TPSA) is 71.0 Å². The summed E-state index contributed by atoms with van der Waals surface area (Å²) in [5.41, 5.74) is 3.99. The van der Waals surface area contributed by atoms with Crippen LogP contribution in [0.4, 0.5) is 4.79 Å². The van der Waals surface area contributed by atoms with E-state index in [1.165, 1.54) is 5.56 Å². The van der Waals surface area contributed by atoms with Crippen molar-refractivity contribution in [3.63, 3.8) is 0 Å². The summed E-state index contributed by atoms with van der Waals surface area (Å²) in [6.45, 7) is 3.94. The number of nitrogens with one attached hydrogen (secondary N) is 1. The standard InChI is InChI=1S/C21H24N2O4/c1-14-8-17-9-15(2-5-20(17)27-14)11-22-21(25)23-6-7-26-19-4-3-16(13-24)10-18(19)12-23/h2-5,9-10,14,24H,6-8,11-13H2,1H3,(H,22,25)/t14-/m1/s1. The van der Waals surface area contributed by atoms with E-state index in [1.807, 2.05) is 30.3 Å². The van der Waals surface area contributed by atoms with Crippen molar-refractivity contribution in [2.24, 2.45) is 0 Å². The van der Waals surface area contributed by atoms with Crippen molar-refractivity contribution in [3.8, 4) is 11.5 Å². The molecule has 2 heterocycles. The minimum Gasteiger partial charge on any atom is -0.491 e. The third-order valence-electron chi connectivity index (χ3n) is 4.98. The molecule has 27 heavy (non-hydrogen) atoms. The highest BCUT2D eigenvalue weighted by molar-refractivity contribution is 5.74. The molecular formula is C21H24N2O4. The predicted octanol–water partition coefficient (Wildman–Crippen LogP) is 2.61. The summed E-state index contributed by atoms with van der Waals surface area (Å²) in [5.74, 6) is 1.72. The molecule has 0 unspecified atom stereocenters. The molecule has 6 heteroatoms. The molecule has 2 N–H and O–H groups in total. The van der Waals surface area contributed by atoms with Crippen molar-refractivity contribution >= 4 is 6.03 Å². The zero-order chi connectivity index (χ0) is 18.8. The minimum atomic E-state index is -0.119. The van der Waals surface area contributed by atoms with Crippen LogP contribution in [0, 0.1) is 0 Å². The number of nitrogens with zero attached hydrogens (tertiary/aromatic N) is 1. The van der Waals surface area contributed by atoms with Crippen molar-refractivity contribution in [1.82, 2.24) is 10.2 Å². The van der Waals surface area contributed by atoms with Gasteiger partial charge in [0.2, 0.25) is 0 Å². The van der Waals surface area contributed by atoms with Crippen molar-refractivity contribution < 1.29 is 19.4 Å². The van der Waals surface area contributed by atoms with Gasteiger partial charge in [-0.1, -0.05) is 18.2 Å². The second-order valence-electron chi connectivity index (χ2n) is 7.10. The fraction of sp³-hybridized carbons (Fsp3) is 0.381. The molecule has 2 aromatic carbocycles. The third-order valence-corrected chi connectivity index (χ3v) is 4.98. The fourth-order valence-corrected chi connectivity index (χ4v) is 3.59. The first-order valence-corrected chi connectivity index (χ1v) is 9.29. The Kier molecular flexibility index (Phi) is 4.90. The van der Waals surface area contributed by atoms with Crippen LogP contribution in [0.25, 0.3) is 0 Å². The van der Waals surface area contributed by atoms with Crippen molar-refractivity contribution in [3.05, 3.63) is 58.7 Å². The second kappa shape index (κ2) is 7.48. The van der Waals surface area contributed by atoms with Crippen LogP contribution >= 0.6 is 0 Å². The molecule has 1 atom stereocenters. The molecule has 0 radical (unpaired) electrons. The molecule has 2 aromatic rings. The molecule has 0 aromatic heterocycles. The van der Waals surface area contributed by atoms with Gasteiger partial charge in [0.1, 0.15) is 24.2 Å². The van der Waals surface area contributed by atoms with Gasteiger partial charge >= 0.3 is 6.03 Å². The minimum absolute atomic E-state index is 0.0276. The van der Waals surface area contributed by atoms with Gasteiger partial charge in [0.05, 0.1) is 19.7 Å². The highest BCUT2D eigenvalue weighted by Crippen LogP contribution is 2.29. The van der Waals surface area contributed by atoms with Crippen LogP contribution in [-0.2, 0) is 26.1 Å². The summed E-state index contributed by atoms with van der Waals surface area (Å²) in [5, 5.41) is 12.3. The SMILES string of the molecule is C[C@@H]1Cc2cc(CNC(=O)N3CCOc4ccc(CO)cc4C3)ccc2O1. The van der Waals surface area contributed by atoms with Gasteiger partial charge in [-0.3, -0.25) is 0 Å². The summed E-state index contributed by atoms with van der Waals surface area (Å²) in [6, 6.07) is 11.5. The first-order chi connectivity index (χ1) is 13.1. The molecular weight excluding hydrogens is 344 g/mol. The van der Waals surface area contributed by atoms with E-state index in [0.717, 1.165) is 34.6 Å². The Hall–Kier alpha value is -2.73. The highest BCUT2D eigenvalue weighted by atomic mass is 16.5. The Bertz CT molecular complexity index is 852. The van der Waals surface area contributed by atoms with Crippen LogP contribution in [-0.4, -0.2) is 35.3 Å². The average molecular weight is 368 g/mol. The number of hydrogen-bond donors (Lipinski definition) is 2. The van der Waals surface area contributed by atoms with E-state index < -0.39 is 0 Å². The lowest BCUT2D eigenvalue weighted by molar-refractivity contribution is 0.187. The summed E-state index contributed by atoms with van der Waals surface area (Å²) >= 11 is 0. The van der Waals surface area contributed by atoms with Crippen LogP contribution in [0.15, 0.2) is 36.4 Å². The van der Waals surface area contributed by atoms with Gasteiger partial charge in [-0.25, -0.2) is 4.79 Å². The van der Waals surface area contributed by atoms with Gasteiger partial charge in [-0.2, -0.15) is 0 Å². The number of urea groups is 1. The smallest absolute Gasteiger partial charge is 0.318 e. The van der Waals surface area contributed by atoms with Gasteiger partial charge in [-0.15, -0.1) is 0 Å². The summed E-state index contributed by atoms with van der Waals surface area (Å²) in [7, 11) is 0. The molecule has 0 saturated heterocycles. The van der Waals surface area contributed by atoms with E-state index in [9.17, 15) is 9.90 Å². The van der Waals surface area contributed by atoms with Crippen LogP contribution in [0.3, 0.4) is 0 Å². The van der Waals surface area contributed by atoms with Gasteiger partial charge in [0.15, 0.2) is 0 Å². The third kappa shape index (κ3) is 3.85. The first kappa shape index (κ1) is 17.7. The zero-order valence-electron chi connectivity index (χ0n) is 15.4. The molecule has 0 aliphatic carbocycles. The van der Waals surface area contributed by atoms with E-state index >= 15 is 0 Å². The number of aliphatic hydroxyl groups is 1. The number of ether oxygens (including phenoxy) is 2. The van der Waals surface area contributed by atoms with Crippen LogP contribution in [0.5, 0.6) is 11.5 Å². The second-order valence-corrected chi connectivity index (χ2v) is 7.10. The summed E-state index contributed by atoms with van der Waals surface area (Å²) < 4.78 is 11.5. The Morgan fingerprint density at radius 1 is 1.19 bits per heavy atom. The molecule has 0 bridgehead atoms. The Morgan fingerprint density at radius 2 is 1.96 bits per heavy atom. The average Bonchev–Trinajstić information content (AvgIpc) is 2.91. The fourth-order valence-electron chi connectivity index (χ4n) is 3.59. The maximum atomic E-state index is 12.7. The molecule has 142 valence electrons. The molecule has 2 amide bonds. The molecule has 2 aliphatic rings. The lowest BCUT2D eigenvalue weighted by Gasteiger charge is -2.20. The maximum absolute atomic E-state index is 12.7. The van der Waals surface area contributed by atoms with Crippen LogP contribution < -0.4 is 14.8 Å². The summed E-state index contributed by atoms with van der Waals surface area (Å²) in [4.78, 5) is 14.4. The number of rotatable bonds is 3. The van der Waals surface area contributed by atoms with E-state index in [-0.39, 0.29) is 18.7 Å². The molecule has 0 spiro atoms. The van der Waals surface area contributed by atoms with Crippen molar-refractivity contribution in [2.75, 3.05) is 13.2 Å². The number of benzene rings is 2. The van der Waals surface area contributed by atoms with Crippen LogP contribution in [0.2, 0.25) is 0 Å². The summed E-state index contributed by atoms with van der Waals surface area (Å²) in [6.07, 6.45) is 1.12. The molecule has 6 nitrogen and oxygen atoms in total. The van der Waals surface area contributed by atoms with E-state index in [2.05, 4.69) is 18.3 Å². The quantitative estimate of drug-likeness (QED) is 0.874. The van der Waals surface area contributed by atoms with Crippen molar-refractivity contribution in [1.29, 1.82) is 0 Å². The van der Waals surface area contributed by atoms with Crippen molar-refractivity contribution in [2.45, 2.75) is 39.1 Å². The lowest BCUT2D eigenvalue weighted by atomic mass is 10.1. The van der Waals surface area contributed by atoms with E-state index in [0.29, 0.717) is 26.2 Å². The monoisotopic (exact) mass is 368 g/mol. The molecule has 2 aliphatic heterocycles. The number of amides is 2. The van der Waals surface area contributed by atoms with Gasteiger partial charge in [-0.05, 0) is 41.8 Å². The Morgan fingerprint density at radius 3 is 2.81 bits per heavy atom.